The summed E-state index contributed by atoms with van der Waals surface area (Å²) in [6.45, 7) is 0. The Hall–Kier alpha value is -1.83. The first-order valence-electron chi connectivity index (χ1n) is 7.04. The van der Waals surface area contributed by atoms with Gasteiger partial charge in [0.15, 0.2) is 0 Å². The van der Waals surface area contributed by atoms with Gasteiger partial charge in [-0.25, -0.2) is 0 Å². The van der Waals surface area contributed by atoms with E-state index in [2.05, 4.69) is 24.3 Å². The van der Waals surface area contributed by atoms with Crippen LogP contribution in [0.25, 0.3) is 10.8 Å². The molecule has 1 fully saturated rings. The van der Waals surface area contributed by atoms with E-state index in [0.29, 0.717) is 5.92 Å². The number of rotatable bonds is 3. The summed E-state index contributed by atoms with van der Waals surface area (Å²) in [7, 11) is 0. The quantitative estimate of drug-likeness (QED) is 0.892. The lowest BCUT2D eigenvalue weighted by molar-refractivity contribution is -0.120. The summed E-state index contributed by atoms with van der Waals surface area (Å²) in [6, 6.07) is 14.4. The highest BCUT2D eigenvalue weighted by Gasteiger charge is 2.31. The van der Waals surface area contributed by atoms with Crippen molar-refractivity contribution in [1.82, 2.24) is 0 Å². The first-order chi connectivity index (χ1) is 9.27. The maximum atomic E-state index is 12.0. The Morgan fingerprint density at radius 1 is 1.05 bits per heavy atom. The van der Waals surface area contributed by atoms with Crippen molar-refractivity contribution < 1.29 is 4.79 Å². The van der Waals surface area contributed by atoms with E-state index < -0.39 is 0 Å². The molecule has 2 aromatic rings. The summed E-state index contributed by atoms with van der Waals surface area (Å²) < 4.78 is 0. The molecule has 2 N–H and O–H groups in total. The van der Waals surface area contributed by atoms with Crippen LogP contribution in [-0.4, -0.2) is 5.91 Å². The van der Waals surface area contributed by atoms with E-state index in [1.165, 1.54) is 23.6 Å². The number of benzene rings is 2. The SMILES string of the molecule is NC(=O)C(c1cccc2ccccc12)C1CCCC1. The lowest BCUT2D eigenvalue weighted by Crippen LogP contribution is -2.27. The van der Waals surface area contributed by atoms with Crippen molar-refractivity contribution in [3.8, 4) is 0 Å². The molecule has 0 bridgehead atoms. The molecule has 98 valence electrons. The van der Waals surface area contributed by atoms with Crippen LogP contribution in [-0.2, 0) is 4.79 Å². The van der Waals surface area contributed by atoms with E-state index >= 15 is 0 Å². The topological polar surface area (TPSA) is 43.1 Å². The largest absolute Gasteiger partial charge is 0.369 e. The van der Waals surface area contributed by atoms with Crippen molar-refractivity contribution in [2.24, 2.45) is 11.7 Å². The lowest BCUT2D eigenvalue weighted by Gasteiger charge is -2.22. The highest BCUT2D eigenvalue weighted by Crippen LogP contribution is 2.39. The highest BCUT2D eigenvalue weighted by molar-refractivity contribution is 5.92. The maximum Gasteiger partial charge on any atom is 0.225 e. The number of hydrogen-bond acceptors (Lipinski definition) is 1. The second kappa shape index (κ2) is 5.04. The molecule has 1 aliphatic carbocycles. The highest BCUT2D eigenvalue weighted by atomic mass is 16.1. The molecule has 1 saturated carbocycles. The average Bonchev–Trinajstić information content (AvgIpc) is 2.93. The van der Waals surface area contributed by atoms with E-state index in [-0.39, 0.29) is 11.8 Å². The molecule has 0 heterocycles. The number of carbonyl (C=O) groups excluding carboxylic acids is 1. The fourth-order valence-corrected chi connectivity index (χ4v) is 3.45. The summed E-state index contributed by atoms with van der Waals surface area (Å²) in [6.07, 6.45) is 4.69. The van der Waals surface area contributed by atoms with Gasteiger partial charge in [-0.1, -0.05) is 55.3 Å². The second-order valence-electron chi connectivity index (χ2n) is 5.49. The van der Waals surface area contributed by atoms with Gasteiger partial charge in [-0.15, -0.1) is 0 Å². The van der Waals surface area contributed by atoms with Crippen LogP contribution in [0.1, 0.15) is 37.2 Å². The zero-order chi connectivity index (χ0) is 13.2. The number of nitrogens with two attached hydrogens (primary N) is 1. The molecule has 0 spiro atoms. The van der Waals surface area contributed by atoms with Crippen molar-refractivity contribution in [2.45, 2.75) is 31.6 Å². The van der Waals surface area contributed by atoms with Crippen molar-refractivity contribution in [3.63, 3.8) is 0 Å². The Labute approximate surface area is 113 Å². The molecule has 2 aromatic carbocycles. The van der Waals surface area contributed by atoms with Crippen LogP contribution in [0.15, 0.2) is 42.5 Å². The van der Waals surface area contributed by atoms with Crippen LogP contribution in [0.5, 0.6) is 0 Å². The summed E-state index contributed by atoms with van der Waals surface area (Å²) >= 11 is 0. The number of fused-ring (bicyclic) bond motifs is 1. The summed E-state index contributed by atoms with van der Waals surface area (Å²) in [4.78, 5) is 12.0. The fraction of sp³-hybridized carbons (Fsp3) is 0.353. The minimum Gasteiger partial charge on any atom is -0.369 e. The Morgan fingerprint density at radius 3 is 2.47 bits per heavy atom. The van der Waals surface area contributed by atoms with Crippen molar-refractivity contribution in [1.29, 1.82) is 0 Å². The molecular formula is C17H19NO. The Bertz CT molecular complexity index is 594. The van der Waals surface area contributed by atoms with Crippen molar-refractivity contribution >= 4 is 16.7 Å². The van der Waals surface area contributed by atoms with Gasteiger partial charge in [-0.05, 0) is 35.1 Å². The van der Waals surface area contributed by atoms with Gasteiger partial charge in [0.25, 0.3) is 0 Å². The number of amides is 1. The summed E-state index contributed by atoms with van der Waals surface area (Å²) in [5.74, 6) is 0.111. The van der Waals surface area contributed by atoms with Crippen LogP contribution >= 0.6 is 0 Å². The van der Waals surface area contributed by atoms with Crippen molar-refractivity contribution in [3.05, 3.63) is 48.0 Å². The molecule has 0 aromatic heterocycles. The Morgan fingerprint density at radius 2 is 1.74 bits per heavy atom. The average molecular weight is 253 g/mol. The van der Waals surface area contributed by atoms with E-state index in [1.54, 1.807) is 0 Å². The molecule has 19 heavy (non-hydrogen) atoms. The second-order valence-corrected chi connectivity index (χ2v) is 5.49. The number of primary amides is 1. The van der Waals surface area contributed by atoms with Crippen LogP contribution in [0, 0.1) is 5.92 Å². The predicted octanol–water partition coefficient (Wildman–Crippen LogP) is 3.60. The third-order valence-electron chi connectivity index (χ3n) is 4.34. The van der Waals surface area contributed by atoms with E-state index in [1.807, 2.05) is 18.2 Å². The van der Waals surface area contributed by atoms with E-state index in [4.69, 9.17) is 5.73 Å². The van der Waals surface area contributed by atoms with Gasteiger partial charge in [0.2, 0.25) is 5.91 Å². The van der Waals surface area contributed by atoms with Crippen LogP contribution in [0.2, 0.25) is 0 Å². The normalized spacial score (nSPS) is 17.7. The molecule has 1 atom stereocenters. The molecular weight excluding hydrogens is 234 g/mol. The molecule has 0 radical (unpaired) electrons. The Balaban J connectivity index is 2.12. The zero-order valence-electron chi connectivity index (χ0n) is 11.0. The maximum absolute atomic E-state index is 12.0. The third kappa shape index (κ3) is 2.23. The van der Waals surface area contributed by atoms with Gasteiger partial charge in [0, 0.05) is 0 Å². The third-order valence-corrected chi connectivity index (χ3v) is 4.34. The van der Waals surface area contributed by atoms with Crippen LogP contribution in [0.3, 0.4) is 0 Å². The molecule has 1 unspecified atom stereocenters. The number of carbonyl (C=O) groups is 1. The fourth-order valence-electron chi connectivity index (χ4n) is 3.45. The minimum atomic E-state index is -0.178. The molecule has 3 rings (SSSR count). The van der Waals surface area contributed by atoms with Gasteiger partial charge < -0.3 is 5.73 Å². The van der Waals surface area contributed by atoms with E-state index in [9.17, 15) is 4.79 Å². The van der Waals surface area contributed by atoms with Gasteiger partial charge in [-0.2, -0.15) is 0 Å². The molecule has 2 heteroatoms. The molecule has 2 nitrogen and oxygen atoms in total. The predicted molar refractivity (Wildman–Crippen MR) is 77.8 cm³/mol. The molecule has 1 amide bonds. The van der Waals surface area contributed by atoms with Gasteiger partial charge >= 0.3 is 0 Å². The minimum absolute atomic E-state index is 0.131. The Kier molecular flexibility index (Phi) is 3.24. The first kappa shape index (κ1) is 12.2. The number of hydrogen-bond donors (Lipinski definition) is 1. The smallest absolute Gasteiger partial charge is 0.225 e. The summed E-state index contributed by atoms with van der Waals surface area (Å²) in [5.41, 5.74) is 6.81. The zero-order valence-corrected chi connectivity index (χ0v) is 11.0. The van der Waals surface area contributed by atoms with E-state index in [0.717, 1.165) is 18.4 Å². The summed E-state index contributed by atoms with van der Waals surface area (Å²) in [5, 5.41) is 2.35. The van der Waals surface area contributed by atoms with Crippen molar-refractivity contribution in [2.75, 3.05) is 0 Å². The van der Waals surface area contributed by atoms with Gasteiger partial charge in [0.1, 0.15) is 0 Å². The molecule has 0 aliphatic heterocycles. The first-order valence-corrected chi connectivity index (χ1v) is 7.04. The van der Waals surface area contributed by atoms with Gasteiger partial charge in [0.05, 0.1) is 5.92 Å². The van der Waals surface area contributed by atoms with Crippen LogP contribution in [0.4, 0.5) is 0 Å². The standard InChI is InChI=1S/C17H19NO/c18-17(19)16(13-7-1-2-8-13)15-11-5-9-12-6-3-4-10-14(12)15/h3-6,9-11,13,16H,1-2,7-8H2,(H2,18,19). The molecule has 1 aliphatic rings. The monoisotopic (exact) mass is 253 g/mol. The van der Waals surface area contributed by atoms with Crippen LogP contribution < -0.4 is 5.73 Å². The molecule has 0 saturated heterocycles. The lowest BCUT2D eigenvalue weighted by atomic mass is 9.82. The van der Waals surface area contributed by atoms with Gasteiger partial charge in [-0.3, -0.25) is 4.79 Å².